The Labute approximate surface area is 94.8 Å². The molecule has 1 heterocycles. The summed E-state index contributed by atoms with van der Waals surface area (Å²) >= 11 is 1.31. The molecule has 0 aliphatic carbocycles. The number of thiazole rings is 1. The lowest BCUT2D eigenvalue weighted by Gasteiger charge is -1.97. The predicted molar refractivity (Wildman–Crippen MR) is 56.8 cm³/mol. The first kappa shape index (κ1) is 10.7. The maximum absolute atomic E-state index is 13.0. The highest BCUT2D eigenvalue weighted by atomic mass is 32.1. The van der Waals surface area contributed by atoms with Crippen LogP contribution in [-0.2, 0) is 6.42 Å². The normalized spacial score (nSPS) is 10.1. The van der Waals surface area contributed by atoms with E-state index in [1.807, 2.05) is 6.07 Å². The van der Waals surface area contributed by atoms with Crippen molar-refractivity contribution in [2.45, 2.75) is 6.42 Å². The molecule has 1 aromatic carbocycles. The van der Waals surface area contributed by atoms with E-state index < -0.39 is 11.6 Å². The van der Waals surface area contributed by atoms with Crippen LogP contribution in [0.15, 0.2) is 23.6 Å². The molecule has 0 saturated carbocycles. The largest absolute Gasteiger partial charge is 0.240 e. The van der Waals surface area contributed by atoms with Gasteiger partial charge < -0.3 is 0 Å². The van der Waals surface area contributed by atoms with Crippen LogP contribution in [0.4, 0.5) is 8.78 Å². The van der Waals surface area contributed by atoms with Crippen molar-refractivity contribution in [3.8, 4) is 16.6 Å². The Hall–Kier alpha value is -1.80. The quantitative estimate of drug-likeness (QED) is 0.803. The molecule has 0 saturated heterocycles. The van der Waals surface area contributed by atoms with Crippen molar-refractivity contribution in [1.82, 2.24) is 4.98 Å². The van der Waals surface area contributed by atoms with E-state index >= 15 is 0 Å². The summed E-state index contributed by atoms with van der Waals surface area (Å²) in [7, 11) is 0. The first-order valence-electron chi connectivity index (χ1n) is 4.47. The topological polar surface area (TPSA) is 36.7 Å². The predicted octanol–water partition coefficient (Wildman–Crippen LogP) is 3.15. The van der Waals surface area contributed by atoms with Crippen LogP contribution >= 0.6 is 11.3 Å². The molecule has 80 valence electrons. The van der Waals surface area contributed by atoms with Gasteiger partial charge in [0.1, 0.15) is 5.01 Å². The van der Waals surface area contributed by atoms with Gasteiger partial charge in [-0.05, 0) is 18.2 Å². The maximum Gasteiger partial charge on any atom is 0.159 e. The number of hydrogen-bond donors (Lipinski definition) is 0. The minimum Gasteiger partial charge on any atom is -0.240 e. The van der Waals surface area contributed by atoms with Crippen LogP contribution in [0.5, 0.6) is 0 Å². The number of aromatic nitrogens is 1. The van der Waals surface area contributed by atoms with Gasteiger partial charge in [0.2, 0.25) is 0 Å². The van der Waals surface area contributed by atoms with Gasteiger partial charge in [0, 0.05) is 10.9 Å². The van der Waals surface area contributed by atoms with Gasteiger partial charge in [0.25, 0.3) is 0 Å². The summed E-state index contributed by atoms with van der Waals surface area (Å²) in [5.41, 5.74) is 1.17. The van der Waals surface area contributed by atoms with Crippen molar-refractivity contribution in [2.75, 3.05) is 0 Å². The zero-order valence-corrected chi connectivity index (χ0v) is 8.89. The third-order valence-corrected chi connectivity index (χ3v) is 2.92. The van der Waals surface area contributed by atoms with Gasteiger partial charge in [0.15, 0.2) is 11.6 Å². The third kappa shape index (κ3) is 2.07. The fourth-order valence-corrected chi connectivity index (χ4v) is 2.05. The standard InChI is InChI=1S/C11H6F2N2S/c12-9-2-1-7(5-10(9)13)11-15-8(3-4-14)6-16-11/h1-2,5-6H,3H2. The van der Waals surface area contributed by atoms with Crippen molar-refractivity contribution in [1.29, 1.82) is 5.26 Å². The van der Waals surface area contributed by atoms with Crippen molar-refractivity contribution in [3.05, 3.63) is 40.9 Å². The highest BCUT2D eigenvalue weighted by molar-refractivity contribution is 7.13. The molecule has 0 spiro atoms. The highest BCUT2D eigenvalue weighted by Gasteiger charge is 2.08. The summed E-state index contributed by atoms with van der Waals surface area (Å²) in [6, 6.07) is 5.61. The first-order chi connectivity index (χ1) is 7.70. The summed E-state index contributed by atoms with van der Waals surface area (Å²) in [5, 5.41) is 10.8. The number of rotatable bonds is 2. The second kappa shape index (κ2) is 4.37. The van der Waals surface area contributed by atoms with Crippen LogP contribution < -0.4 is 0 Å². The average molecular weight is 236 g/mol. The SMILES string of the molecule is N#CCc1csc(-c2ccc(F)c(F)c2)n1. The van der Waals surface area contributed by atoms with Gasteiger partial charge in [-0.1, -0.05) is 0 Å². The van der Waals surface area contributed by atoms with Crippen molar-refractivity contribution < 1.29 is 8.78 Å². The highest BCUT2D eigenvalue weighted by Crippen LogP contribution is 2.25. The second-order valence-electron chi connectivity index (χ2n) is 3.11. The molecular weight excluding hydrogens is 230 g/mol. The monoisotopic (exact) mass is 236 g/mol. The Bertz CT molecular complexity index is 557. The Balaban J connectivity index is 2.36. The molecule has 0 radical (unpaired) electrons. The summed E-state index contributed by atoms with van der Waals surface area (Å²) in [6.07, 6.45) is 0.222. The molecule has 0 aliphatic heterocycles. The summed E-state index contributed by atoms with van der Waals surface area (Å²) in [4.78, 5) is 4.15. The van der Waals surface area contributed by atoms with E-state index in [-0.39, 0.29) is 6.42 Å². The van der Waals surface area contributed by atoms with Crippen LogP contribution in [-0.4, -0.2) is 4.98 Å². The zero-order chi connectivity index (χ0) is 11.5. The Kier molecular flexibility index (Phi) is 2.93. The average Bonchev–Trinajstić information content (AvgIpc) is 2.71. The van der Waals surface area contributed by atoms with E-state index in [4.69, 9.17) is 5.26 Å². The molecule has 16 heavy (non-hydrogen) atoms. The van der Waals surface area contributed by atoms with Crippen LogP contribution in [0.3, 0.4) is 0 Å². The first-order valence-corrected chi connectivity index (χ1v) is 5.35. The van der Waals surface area contributed by atoms with Gasteiger partial charge in [-0.25, -0.2) is 13.8 Å². The van der Waals surface area contributed by atoms with Crippen molar-refractivity contribution in [3.63, 3.8) is 0 Å². The summed E-state index contributed by atoms with van der Waals surface area (Å²) in [6.45, 7) is 0. The zero-order valence-electron chi connectivity index (χ0n) is 8.08. The molecule has 0 atom stereocenters. The molecule has 2 rings (SSSR count). The molecule has 0 aliphatic rings. The maximum atomic E-state index is 13.0. The number of nitriles is 1. The van der Waals surface area contributed by atoms with E-state index in [9.17, 15) is 8.78 Å². The van der Waals surface area contributed by atoms with Gasteiger partial charge in [-0.2, -0.15) is 5.26 Å². The summed E-state index contributed by atoms with van der Waals surface area (Å²) in [5.74, 6) is -1.77. The molecular formula is C11H6F2N2S. The van der Waals surface area contributed by atoms with E-state index in [0.29, 0.717) is 16.3 Å². The molecule has 5 heteroatoms. The molecule has 1 aromatic heterocycles. The molecule has 0 N–H and O–H groups in total. The Morgan fingerprint density at radius 1 is 1.31 bits per heavy atom. The van der Waals surface area contributed by atoms with Gasteiger partial charge >= 0.3 is 0 Å². The number of halogens is 2. The minimum absolute atomic E-state index is 0.222. The molecule has 2 aromatic rings. The van der Waals surface area contributed by atoms with E-state index in [1.54, 1.807) is 5.38 Å². The smallest absolute Gasteiger partial charge is 0.159 e. The van der Waals surface area contributed by atoms with Gasteiger partial charge in [-0.3, -0.25) is 0 Å². The minimum atomic E-state index is -0.894. The molecule has 2 nitrogen and oxygen atoms in total. The van der Waals surface area contributed by atoms with Gasteiger partial charge in [0.05, 0.1) is 18.2 Å². The number of benzene rings is 1. The summed E-state index contributed by atoms with van der Waals surface area (Å²) < 4.78 is 25.7. The lowest BCUT2D eigenvalue weighted by molar-refractivity contribution is 0.509. The Morgan fingerprint density at radius 2 is 2.12 bits per heavy atom. The lowest BCUT2D eigenvalue weighted by Crippen LogP contribution is -1.86. The number of nitrogens with zero attached hydrogens (tertiary/aromatic N) is 2. The van der Waals surface area contributed by atoms with E-state index in [0.717, 1.165) is 12.1 Å². The van der Waals surface area contributed by atoms with Crippen LogP contribution in [0.25, 0.3) is 10.6 Å². The number of hydrogen-bond acceptors (Lipinski definition) is 3. The van der Waals surface area contributed by atoms with Crippen LogP contribution in [0, 0.1) is 23.0 Å². The molecule has 0 bridgehead atoms. The third-order valence-electron chi connectivity index (χ3n) is 1.98. The molecule has 0 unspecified atom stereocenters. The Morgan fingerprint density at radius 3 is 2.81 bits per heavy atom. The fourth-order valence-electron chi connectivity index (χ4n) is 1.23. The van der Waals surface area contributed by atoms with Gasteiger partial charge in [-0.15, -0.1) is 11.3 Å². The fraction of sp³-hybridized carbons (Fsp3) is 0.0909. The van der Waals surface area contributed by atoms with Crippen molar-refractivity contribution in [2.24, 2.45) is 0 Å². The van der Waals surface area contributed by atoms with E-state index in [1.165, 1.54) is 17.4 Å². The van der Waals surface area contributed by atoms with Crippen molar-refractivity contribution >= 4 is 11.3 Å². The molecule has 0 fully saturated rings. The van der Waals surface area contributed by atoms with Crippen LogP contribution in [0.2, 0.25) is 0 Å². The second-order valence-corrected chi connectivity index (χ2v) is 3.97. The van der Waals surface area contributed by atoms with E-state index in [2.05, 4.69) is 4.98 Å². The lowest BCUT2D eigenvalue weighted by atomic mass is 10.2. The van der Waals surface area contributed by atoms with Crippen LogP contribution in [0.1, 0.15) is 5.69 Å². The molecule has 0 amide bonds.